The fourth-order valence-electron chi connectivity index (χ4n) is 1.11. The van der Waals surface area contributed by atoms with Gasteiger partial charge in [-0.05, 0) is 6.92 Å². The van der Waals surface area contributed by atoms with E-state index in [0.717, 1.165) is 5.69 Å². The first kappa shape index (κ1) is 7.93. The van der Waals surface area contributed by atoms with Crippen LogP contribution in [-0.2, 0) is 0 Å². The lowest BCUT2D eigenvalue weighted by atomic mass is 10.3. The van der Waals surface area contributed by atoms with Crippen LogP contribution in [0, 0.1) is 6.92 Å². The molecule has 1 aromatic heterocycles. The molecule has 0 bridgehead atoms. The van der Waals surface area contributed by atoms with Crippen LogP contribution in [-0.4, -0.2) is 21.0 Å². The highest BCUT2D eigenvalue weighted by molar-refractivity contribution is 5.93. The molecule has 0 radical (unpaired) electrons. The van der Waals surface area contributed by atoms with E-state index in [0.29, 0.717) is 11.5 Å². The molecule has 6 heteroatoms. The molecule has 0 aromatic carbocycles. The molecule has 6 nitrogen and oxygen atoms in total. The van der Waals surface area contributed by atoms with Gasteiger partial charge in [0, 0.05) is 6.20 Å². The van der Waals surface area contributed by atoms with Crippen LogP contribution in [0.1, 0.15) is 17.6 Å². The highest BCUT2D eigenvalue weighted by Crippen LogP contribution is 2.22. The van der Waals surface area contributed by atoms with Crippen molar-refractivity contribution >= 4 is 11.8 Å². The minimum Gasteiger partial charge on any atom is -0.370 e. The number of guanidine groups is 1. The van der Waals surface area contributed by atoms with E-state index >= 15 is 0 Å². The van der Waals surface area contributed by atoms with Crippen molar-refractivity contribution in [3.63, 3.8) is 0 Å². The Morgan fingerprint density at radius 3 is 3.15 bits per heavy atom. The Labute approximate surface area is 74.5 Å². The van der Waals surface area contributed by atoms with Gasteiger partial charge in [-0.1, -0.05) is 0 Å². The van der Waals surface area contributed by atoms with Crippen LogP contribution in [0.25, 0.3) is 0 Å². The summed E-state index contributed by atoms with van der Waals surface area (Å²) in [5, 5.41) is 12.1. The molecule has 1 atom stereocenters. The average Bonchev–Trinajstić information content (AvgIpc) is 2.02. The van der Waals surface area contributed by atoms with Crippen molar-refractivity contribution in [2.24, 2.45) is 10.7 Å². The Bertz CT molecular complexity index is 375. The maximum atomic E-state index is 9.41. The highest BCUT2D eigenvalue weighted by Gasteiger charge is 2.20. The number of anilines is 1. The lowest BCUT2D eigenvalue weighted by Crippen LogP contribution is -2.29. The third-order valence-electron chi connectivity index (χ3n) is 1.67. The van der Waals surface area contributed by atoms with E-state index in [2.05, 4.69) is 20.3 Å². The van der Waals surface area contributed by atoms with Crippen molar-refractivity contribution in [3.8, 4) is 0 Å². The summed E-state index contributed by atoms with van der Waals surface area (Å²) in [7, 11) is 0. The van der Waals surface area contributed by atoms with Crippen LogP contribution < -0.4 is 11.1 Å². The van der Waals surface area contributed by atoms with Crippen molar-refractivity contribution < 1.29 is 5.11 Å². The quantitative estimate of drug-likeness (QED) is 0.499. The van der Waals surface area contributed by atoms with Crippen LogP contribution in [0.15, 0.2) is 11.2 Å². The molecule has 1 aromatic rings. The van der Waals surface area contributed by atoms with Gasteiger partial charge in [-0.3, -0.25) is 4.98 Å². The zero-order chi connectivity index (χ0) is 9.42. The Morgan fingerprint density at radius 2 is 2.38 bits per heavy atom. The number of nitrogens with two attached hydrogens (primary N) is 1. The van der Waals surface area contributed by atoms with Crippen molar-refractivity contribution in [3.05, 3.63) is 17.6 Å². The summed E-state index contributed by atoms with van der Waals surface area (Å²) in [6.45, 7) is 1.81. The molecule has 0 unspecified atom stereocenters. The molecule has 2 rings (SSSR count). The van der Waals surface area contributed by atoms with Gasteiger partial charge in [0.05, 0.1) is 5.69 Å². The summed E-state index contributed by atoms with van der Waals surface area (Å²) >= 11 is 0. The number of aryl methyl sites for hydroxylation is 1. The van der Waals surface area contributed by atoms with Crippen molar-refractivity contribution in [1.29, 1.82) is 0 Å². The number of fused-ring (bicyclic) bond motifs is 1. The SMILES string of the molecule is Cc1cnc2c(n1)NC(N)=N[C@H]2O. The van der Waals surface area contributed by atoms with E-state index in [-0.39, 0.29) is 5.96 Å². The van der Waals surface area contributed by atoms with Gasteiger partial charge >= 0.3 is 0 Å². The van der Waals surface area contributed by atoms with Gasteiger partial charge in [0.1, 0.15) is 5.69 Å². The van der Waals surface area contributed by atoms with Gasteiger partial charge in [0.2, 0.25) is 0 Å². The standard InChI is InChI=1S/C7H9N5O/c1-3-2-9-4-5(10-3)11-7(8)12-6(4)13/h2,6,13H,1H3,(H3,8,10,11,12)/t6-/m0/s1. The van der Waals surface area contributed by atoms with E-state index < -0.39 is 6.23 Å². The van der Waals surface area contributed by atoms with E-state index in [4.69, 9.17) is 5.73 Å². The predicted molar refractivity (Wildman–Crippen MR) is 47.0 cm³/mol. The average molecular weight is 179 g/mol. The fourth-order valence-corrected chi connectivity index (χ4v) is 1.11. The Hall–Kier alpha value is -1.69. The van der Waals surface area contributed by atoms with Crippen LogP contribution >= 0.6 is 0 Å². The molecule has 0 fully saturated rings. The lowest BCUT2D eigenvalue weighted by molar-refractivity contribution is 0.182. The molecule has 1 aliphatic heterocycles. The molecule has 1 aliphatic rings. The number of nitrogens with one attached hydrogen (secondary N) is 1. The molecule has 0 saturated carbocycles. The molecule has 4 N–H and O–H groups in total. The normalized spacial score (nSPS) is 20.2. The molecule has 2 heterocycles. The first-order chi connectivity index (χ1) is 6.16. The molecule has 0 spiro atoms. The number of aliphatic hydroxyl groups excluding tert-OH is 1. The largest absolute Gasteiger partial charge is 0.370 e. The Balaban J connectivity index is 2.50. The second-order valence-corrected chi connectivity index (χ2v) is 2.76. The number of nitrogens with zero attached hydrogens (tertiary/aromatic N) is 3. The van der Waals surface area contributed by atoms with Gasteiger partial charge in [-0.2, -0.15) is 0 Å². The Kier molecular flexibility index (Phi) is 1.63. The van der Waals surface area contributed by atoms with E-state index in [9.17, 15) is 5.11 Å². The van der Waals surface area contributed by atoms with Crippen molar-refractivity contribution in [1.82, 2.24) is 9.97 Å². The minimum atomic E-state index is -1.01. The zero-order valence-corrected chi connectivity index (χ0v) is 7.02. The topological polar surface area (TPSA) is 96.4 Å². The van der Waals surface area contributed by atoms with Crippen molar-refractivity contribution in [2.75, 3.05) is 5.32 Å². The summed E-state index contributed by atoms with van der Waals surface area (Å²) in [5.41, 5.74) is 6.56. The molecular weight excluding hydrogens is 170 g/mol. The summed E-state index contributed by atoms with van der Waals surface area (Å²) in [6.07, 6.45) is 0.560. The maximum Gasteiger partial charge on any atom is 0.197 e. The zero-order valence-electron chi connectivity index (χ0n) is 7.02. The third-order valence-corrected chi connectivity index (χ3v) is 1.67. The van der Waals surface area contributed by atoms with Crippen LogP contribution in [0.2, 0.25) is 0 Å². The van der Waals surface area contributed by atoms with E-state index in [1.54, 1.807) is 6.20 Å². The smallest absolute Gasteiger partial charge is 0.197 e. The summed E-state index contributed by atoms with van der Waals surface area (Å²) in [5.74, 6) is 0.625. The molecule has 13 heavy (non-hydrogen) atoms. The molecule has 0 saturated heterocycles. The monoisotopic (exact) mass is 179 g/mol. The van der Waals surface area contributed by atoms with Gasteiger partial charge in [0.25, 0.3) is 0 Å². The molecule has 0 amide bonds. The summed E-state index contributed by atoms with van der Waals surface area (Å²) in [6, 6.07) is 0. The predicted octanol–water partition coefficient (Wildman–Crippen LogP) is -0.484. The number of hydrogen-bond donors (Lipinski definition) is 3. The van der Waals surface area contributed by atoms with Crippen molar-refractivity contribution in [2.45, 2.75) is 13.2 Å². The minimum absolute atomic E-state index is 0.153. The first-order valence-electron chi connectivity index (χ1n) is 3.79. The van der Waals surface area contributed by atoms with Crippen LogP contribution in [0.4, 0.5) is 5.82 Å². The number of hydrogen-bond acceptors (Lipinski definition) is 6. The second-order valence-electron chi connectivity index (χ2n) is 2.76. The van der Waals surface area contributed by atoms with Crippen LogP contribution in [0.5, 0.6) is 0 Å². The summed E-state index contributed by atoms with van der Waals surface area (Å²) < 4.78 is 0. The fraction of sp³-hybridized carbons (Fsp3) is 0.286. The number of rotatable bonds is 0. The van der Waals surface area contributed by atoms with Crippen LogP contribution in [0.3, 0.4) is 0 Å². The maximum absolute atomic E-state index is 9.41. The molecule has 0 aliphatic carbocycles. The van der Waals surface area contributed by atoms with Gasteiger partial charge in [-0.25, -0.2) is 9.98 Å². The number of aromatic nitrogens is 2. The second kappa shape index (κ2) is 2.67. The van der Waals surface area contributed by atoms with Gasteiger partial charge < -0.3 is 16.2 Å². The number of aliphatic hydroxyl groups is 1. The Morgan fingerprint density at radius 1 is 1.62 bits per heavy atom. The lowest BCUT2D eigenvalue weighted by Gasteiger charge is -2.17. The molecular formula is C7H9N5O. The first-order valence-corrected chi connectivity index (χ1v) is 3.79. The van der Waals surface area contributed by atoms with Gasteiger partial charge in [0.15, 0.2) is 18.0 Å². The van der Waals surface area contributed by atoms with E-state index in [1.807, 2.05) is 6.92 Å². The van der Waals surface area contributed by atoms with Gasteiger partial charge in [-0.15, -0.1) is 0 Å². The molecule has 68 valence electrons. The highest BCUT2D eigenvalue weighted by atomic mass is 16.3. The summed E-state index contributed by atoms with van der Waals surface area (Å²) in [4.78, 5) is 11.8. The van der Waals surface area contributed by atoms with E-state index in [1.165, 1.54) is 0 Å². The third kappa shape index (κ3) is 1.31. The number of aliphatic imine (C=N–C) groups is 1.